The second-order valence-corrected chi connectivity index (χ2v) is 3.23. The van der Waals surface area contributed by atoms with Crippen molar-refractivity contribution >= 4 is 18.3 Å². The summed E-state index contributed by atoms with van der Waals surface area (Å²) >= 11 is 0. The Labute approximate surface area is 106 Å². The molecule has 0 spiro atoms. The molecule has 5 nitrogen and oxygen atoms in total. The summed E-state index contributed by atoms with van der Waals surface area (Å²) in [6, 6.07) is 4.95. The lowest BCUT2D eigenvalue weighted by Gasteiger charge is -2.10. The van der Waals surface area contributed by atoms with Crippen molar-refractivity contribution in [3.63, 3.8) is 0 Å². The summed E-state index contributed by atoms with van der Waals surface area (Å²) in [5.74, 6) is 0.183. The molecular weight excluding hydrogens is 244 g/mol. The highest BCUT2D eigenvalue weighted by Gasteiger charge is 2.06. The zero-order valence-corrected chi connectivity index (χ0v) is 10.5. The Morgan fingerprint density at radius 2 is 2.06 bits per heavy atom. The van der Waals surface area contributed by atoms with E-state index in [1.54, 1.807) is 25.3 Å². The van der Waals surface area contributed by atoms with Gasteiger partial charge in [-0.1, -0.05) is 0 Å². The van der Waals surface area contributed by atoms with Crippen molar-refractivity contribution in [2.75, 3.05) is 20.3 Å². The van der Waals surface area contributed by atoms with E-state index in [1.165, 1.54) is 0 Å². The lowest BCUT2D eigenvalue weighted by Crippen LogP contribution is -2.13. The van der Waals surface area contributed by atoms with Crippen LogP contribution in [0.2, 0.25) is 0 Å². The maximum Gasteiger partial charge on any atom is 0.248 e. The maximum absolute atomic E-state index is 11.0. The first-order chi connectivity index (χ1) is 7.69. The highest BCUT2D eigenvalue weighted by molar-refractivity contribution is 5.93. The average Bonchev–Trinajstić information content (AvgIpc) is 2.29. The van der Waals surface area contributed by atoms with Gasteiger partial charge in [-0.2, -0.15) is 0 Å². The number of rotatable bonds is 6. The van der Waals surface area contributed by atoms with Crippen LogP contribution in [0.5, 0.6) is 5.75 Å². The van der Waals surface area contributed by atoms with Gasteiger partial charge in [0.2, 0.25) is 5.91 Å². The van der Waals surface area contributed by atoms with Crippen LogP contribution in [-0.4, -0.2) is 26.2 Å². The van der Waals surface area contributed by atoms with E-state index in [0.717, 1.165) is 5.56 Å². The summed E-state index contributed by atoms with van der Waals surface area (Å²) in [5.41, 5.74) is 11.9. The van der Waals surface area contributed by atoms with Crippen LogP contribution in [0.25, 0.3) is 0 Å². The molecule has 1 amide bonds. The van der Waals surface area contributed by atoms with E-state index in [-0.39, 0.29) is 12.4 Å². The van der Waals surface area contributed by atoms with Crippen LogP contribution < -0.4 is 16.2 Å². The summed E-state index contributed by atoms with van der Waals surface area (Å²) < 4.78 is 10.3. The molecule has 0 saturated carbocycles. The minimum Gasteiger partial charge on any atom is -0.491 e. The van der Waals surface area contributed by atoms with Gasteiger partial charge >= 0.3 is 0 Å². The molecular formula is C11H17ClN2O3. The Bertz CT molecular complexity index is 372. The van der Waals surface area contributed by atoms with Crippen molar-refractivity contribution in [3.05, 3.63) is 29.3 Å². The molecule has 96 valence electrons. The van der Waals surface area contributed by atoms with Crippen LogP contribution >= 0.6 is 12.4 Å². The van der Waals surface area contributed by atoms with Crippen molar-refractivity contribution in [2.45, 2.75) is 6.54 Å². The number of nitrogens with two attached hydrogens (primary N) is 2. The fourth-order valence-electron chi connectivity index (χ4n) is 1.27. The predicted octanol–water partition coefficient (Wildman–Crippen LogP) is 0.691. The van der Waals surface area contributed by atoms with Gasteiger partial charge in [-0.3, -0.25) is 4.79 Å². The van der Waals surface area contributed by atoms with E-state index in [1.807, 2.05) is 0 Å². The zero-order chi connectivity index (χ0) is 12.0. The van der Waals surface area contributed by atoms with E-state index in [0.29, 0.717) is 31.1 Å². The van der Waals surface area contributed by atoms with Crippen molar-refractivity contribution < 1.29 is 14.3 Å². The Morgan fingerprint density at radius 3 is 2.59 bits per heavy atom. The maximum atomic E-state index is 11.0. The lowest BCUT2D eigenvalue weighted by atomic mass is 10.1. The molecule has 1 aromatic carbocycles. The number of methoxy groups -OCH3 is 1. The first-order valence-corrected chi connectivity index (χ1v) is 4.93. The number of hydrogen-bond donors (Lipinski definition) is 2. The molecule has 0 aliphatic heterocycles. The predicted molar refractivity (Wildman–Crippen MR) is 67.5 cm³/mol. The third-order valence-corrected chi connectivity index (χ3v) is 2.11. The Kier molecular flexibility index (Phi) is 7.29. The molecule has 0 radical (unpaired) electrons. The number of benzene rings is 1. The molecule has 1 aromatic rings. The minimum atomic E-state index is -0.474. The van der Waals surface area contributed by atoms with Gasteiger partial charge < -0.3 is 20.9 Å². The lowest BCUT2D eigenvalue weighted by molar-refractivity contribution is 0.1000. The molecule has 0 fully saturated rings. The van der Waals surface area contributed by atoms with Crippen molar-refractivity contribution in [2.24, 2.45) is 11.5 Å². The summed E-state index contributed by atoms with van der Waals surface area (Å²) in [5, 5.41) is 0. The van der Waals surface area contributed by atoms with Crippen molar-refractivity contribution in [1.82, 2.24) is 0 Å². The smallest absolute Gasteiger partial charge is 0.248 e. The normalized spacial score (nSPS) is 9.53. The van der Waals surface area contributed by atoms with Gasteiger partial charge in [0.15, 0.2) is 0 Å². The van der Waals surface area contributed by atoms with Crippen molar-refractivity contribution in [1.29, 1.82) is 0 Å². The summed E-state index contributed by atoms with van der Waals surface area (Å²) in [7, 11) is 1.60. The van der Waals surface area contributed by atoms with Crippen LogP contribution in [-0.2, 0) is 11.3 Å². The second-order valence-electron chi connectivity index (χ2n) is 3.23. The number of ether oxygens (including phenoxy) is 2. The molecule has 6 heteroatoms. The minimum absolute atomic E-state index is 0. The molecule has 17 heavy (non-hydrogen) atoms. The van der Waals surface area contributed by atoms with E-state index >= 15 is 0 Å². The van der Waals surface area contributed by atoms with E-state index < -0.39 is 5.91 Å². The fourth-order valence-corrected chi connectivity index (χ4v) is 1.27. The fraction of sp³-hybridized carbons (Fsp3) is 0.364. The topological polar surface area (TPSA) is 87.6 Å². The molecule has 0 atom stereocenters. The van der Waals surface area contributed by atoms with Crippen LogP contribution in [0.3, 0.4) is 0 Å². The largest absolute Gasteiger partial charge is 0.491 e. The molecule has 4 N–H and O–H groups in total. The number of primary amides is 1. The van der Waals surface area contributed by atoms with E-state index in [4.69, 9.17) is 20.9 Å². The van der Waals surface area contributed by atoms with Gasteiger partial charge in [0, 0.05) is 24.8 Å². The number of halogens is 1. The number of hydrogen-bond acceptors (Lipinski definition) is 4. The first kappa shape index (κ1) is 15.7. The molecule has 0 unspecified atom stereocenters. The summed E-state index contributed by atoms with van der Waals surface area (Å²) in [6.07, 6.45) is 0. The first-order valence-electron chi connectivity index (χ1n) is 4.93. The van der Waals surface area contributed by atoms with Gasteiger partial charge in [0.1, 0.15) is 12.4 Å². The van der Waals surface area contributed by atoms with Gasteiger partial charge in [-0.25, -0.2) is 0 Å². The van der Waals surface area contributed by atoms with Crippen LogP contribution in [0.4, 0.5) is 0 Å². The van der Waals surface area contributed by atoms with Crippen molar-refractivity contribution in [3.8, 4) is 5.75 Å². The summed E-state index contributed by atoms with van der Waals surface area (Å²) in [6.45, 7) is 1.24. The highest BCUT2D eigenvalue weighted by Crippen LogP contribution is 2.19. The molecule has 0 heterocycles. The molecule has 0 bridgehead atoms. The van der Waals surface area contributed by atoms with E-state index in [2.05, 4.69) is 0 Å². The van der Waals surface area contributed by atoms with Gasteiger partial charge in [0.25, 0.3) is 0 Å². The van der Waals surface area contributed by atoms with Crippen LogP contribution in [0.15, 0.2) is 18.2 Å². The standard InChI is InChI=1S/C11H16N2O3.ClH/c1-15-4-5-16-10-3-2-8(11(13)14)6-9(10)7-12;/h2-3,6H,4-5,7,12H2,1H3,(H2,13,14);1H. The third-order valence-electron chi connectivity index (χ3n) is 2.11. The highest BCUT2D eigenvalue weighted by atomic mass is 35.5. The van der Waals surface area contributed by atoms with Crippen LogP contribution in [0, 0.1) is 0 Å². The molecule has 0 aliphatic rings. The number of carbonyl (C=O) groups is 1. The Morgan fingerprint density at radius 1 is 1.35 bits per heavy atom. The number of carbonyl (C=O) groups excluding carboxylic acids is 1. The Hall–Kier alpha value is -1.30. The molecule has 0 aliphatic carbocycles. The number of amides is 1. The second kappa shape index (κ2) is 7.89. The SMILES string of the molecule is COCCOc1ccc(C(N)=O)cc1CN.Cl. The van der Waals surface area contributed by atoms with Gasteiger partial charge in [-0.05, 0) is 18.2 Å². The monoisotopic (exact) mass is 260 g/mol. The van der Waals surface area contributed by atoms with E-state index in [9.17, 15) is 4.79 Å². The average molecular weight is 261 g/mol. The summed E-state index contributed by atoms with van der Waals surface area (Å²) in [4.78, 5) is 11.0. The van der Waals surface area contributed by atoms with Gasteiger partial charge in [-0.15, -0.1) is 12.4 Å². The Balaban J connectivity index is 0.00000256. The molecule has 1 rings (SSSR count). The third kappa shape index (κ3) is 4.60. The quantitative estimate of drug-likeness (QED) is 0.737. The van der Waals surface area contributed by atoms with Crippen LogP contribution in [0.1, 0.15) is 15.9 Å². The zero-order valence-electron chi connectivity index (χ0n) is 9.64. The van der Waals surface area contributed by atoms with Gasteiger partial charge in [0.05, 0.1) is 6.61 Å². The molecule has 0 aromatic heterocycles. The molecule has 0 saturated heterocycles.